The molecule has 0 amide bonds. The van der Waals surface area contributed by atoms with Crippen LogP contribution in [0, 0.1) is 0 Å². The van der Waals surface area contributed by atoms with Crippen molar-refractivity contribution in [1.29, 1.82) is 0 Å². The predicted molar refractivity (Wildman–Crippen MR) is 154 cm³/mol. The van der Waals surface area contributed by atoms with Gasteiger partial charge in [-0.25, -0.2) is 0 Å². The van der Waals surface area contributed by atoms with Crippen molar-refractivity contribution in [2.45, 2.75) is 12.5 Å². The maximum atomic E-state index is 6.36. The minimum Gasteiger partial charge on any atom is -0.492 e. The molecule has 3 aromatic carbocycles. The van der Waals surface area contributed by atoms with E-state index in [1.54, 1.807) is 0 Å². The van der Waals surface area contributed by atoms with Crippen LogP contribution in [0.5, 0.6) is 11.5 Å². The summed E-state index contributed by atoms with van der Waals surface area (Å²) < 4.78 is 17.6. The Labute approximate surface area is 233 Å². The zero-order valence-corrected chi connectivity index (χ0v) is 22.6. The van der Waals surface area contributed by atoms with Gasteiger partial charge in [0.2, 0.25) is 0 Å². The molecule has 0 aliphatic carbocycles. The molecule has 2 aliphatic rings. The lowest BCUT2D eigenvalue weighted by atomic mass is 9.92. The Bertz CT molecular complexity index is 1400. The second-order valence-corrected chi connectivity index (χ2v) is 10.4. The van der Waals surface area contributed by atoms with Crippen molar-refractivity contribution in [1.82, 2.24) is 14.8 Å². The van der Waals surface area contributed by atoms with E-state index in [0.29, 0.717) is 11.8 Å². The average molecular weight is 548 g/mol. The lowest BCUT2D eigenvalue weighted by Crippen LogP contribution is -2.42. The van der Waals surface area contributed by atoms with E-state index in [2.05, 4.69) is 26.9 Å². The maximum Gasteiger partial charge on any atom is 0.265 e. The fraction of sp³-hybridized carbons (Fsp3) is 0.300. The fourth-order valence-electron chi connectivity index (χ4n) is 5.32. The molecule has 1 atom stereocenters. The van der Waals surface area contributed by atoms with Crippen LogP contribution in [-0.2, 0) is 11.2 Å². The number of nitrogens with zero attached hydrogens (tertiary/aromatic N) is 2. The summed E-state index contributed by atoms with van der Waals surface area (Å²) in [7, 11) is 0. The fourth-order valence-corrected chi connectivity index (χ4v) is 5.78. The Morgan fingerprint density at radius 2 is 1.76 bits per heavy atom. The standard InChI is InChI=1S/C30H30ClN3O3S/c31-22-8-11-27-26(20-22)25-12-13-34(30(38)37-24-4-2-1-3-5-24)29(28(25)32-27)21-6-9-23(10-7-21)36-19-16-33-14-17-35-18-15-33/h1-11,20,29,32H,12-19H2. The summed E-state index contributed by atoms with van der Waals surface area (Å²) in [6, 6.07) is 23.9. The first-order valence-corrected chi connectivity index (χ1v) is 13.8. The third-order valence-corrected chi connectivity index (χ3v) is 7.80. The van der Waals surface area contributed by atoms with E-state index >= 15 is 0 Å². The molecular formula is C30H30ClN3O3S. The summed E-state index contributed by atoms with van der Waals surface area (Å²) in [5.41, 5.74) is 4.58. The van der Waals surface area contributed by atoms with Gasteiger partial charge in [-0.15, -0.1) is 0 Å². The van der Waals surface area contributed by atoms with Gasteiger partial charge < -0.3 is 24.1 Å². The van der Waals surface area contributed by atoms with Crippen molar-refractivity contribution < 1.29 is 14.2 Å². The molecule has 1 unspecified atom stereocenters. The third kappa shape index (κ3) is 5.38. The Morgan fingerprint density at radius 3 is 2.55 bits per heavy atom. The summed E-state index contributed by atoms with van der Waals surface area (Å²) in [6.07, 6.45) is 0.840. The quantitative estimate of drug-likeness (QED) is 0.306. The minimum atomic E-state index is -0.122. The van der Waals surface area contributed by atoms with Crippen LogP contribution in [0.15, 0.2) is 72.8 Å². The second-order valence-electron chi connectivity index (χ2n) is 9.61. The van der Waals surface area contributed by atoms with Gasteiger partial charge in [0.15, 0.2) is 0 Å². The van der Waals surface area contributed by atoms with Crippen LogP contribution in [0.2, 0.25) is 5.02 Å². The zero-order chi connectivity index (χ0) is 25.9. The molecule has 4 aromatic rings. The van der Waals surface area contributed by atoms with Crippen molar-refractivity contribution in [2.75, 3.05) is 46.0 Å². The number of halogens is 1. The third-order valence-electron chi connectivity index (χ3n) is 7.25. The first-order valence-electron chi connectivity index (χ1n) is 13.0. The molecule has 1 saturated heterocycles. The van der Waals surface area contributed by atoms with Gasteiger partial charge in [-0.2, -0.15) is 0 Å². The number of aromatic nitrogens is 1. The van der Waals surface area contributed by atoms with Crippen molar-refractivity contribution in [2.24, 2.45) is 0 Å². The van der Waals surface area contributed by atoms with Gasteiger partial charge in [0, 0.05) is 47.8 Å². The monoisotopic (exact) mass is 547 g/mol. The van der Waals surface area contributed by atoms with Gasteiger partial charge in [0.05, 0.1) is 19.3 Å². The Balaban J connectivity index is 1.26. The number of benzene rings is 3. The van der Waals surface area contributed by atoms with Gasteiger partial charge in [0.1, 0.15) is 18.1 Å². The molecule has 1 N–H and O–H groups in total. The van der Waals surface area contributed by atoms with Crippen LogP contribution >= 0.6 is 23.8 Å². The van der Waals surface area contributed by atoms with Crippen molar-refractivity contribution in [3.05, 3.63) is 94.6 Å². The van der Waals surface area contributed by atoms with E-state index < -0.39 is 0 Å². The number of aromatic amines is 1. The van der Waals surface area contributed by atoms with Gasteiger partial charge in [0.25, 0.3) is 5.17 Å². The van der Waals surface area contributed by atoms with Gasteiger partial charge in [-0.3, -0.25) is 4.90 Å². The number of morpholine rings is 1. The SMILES string of the molecule is S=C(Oc1ccccc1)N1CCc2c([nH]c3ccc(Cl)cc23)C1c1ccc(OCCN2CCOCC2)cc1. The highest BCUT2D eigenvalue weighted by Gasteiger charge is 2.34. The number of hydrogen-bond donors (Lipinski definition) is 1. The second kappa shape index (κ2) is 11.3. The number of H-pyrrole nitrogens is 1. The normalized spacial score (nSPS) is 17.8. The van der Waals surface area contributed by atoms with E-state index in [1.807, 2.05) is 60.7 Å². The summed E-state index contributed by atoms with van der Waals surface area (Å²) in [4.78, 5) is 8.20. The Morgan fingerprint density at radius 1 is 0.974 bits per heavy atom. The first kappa shape index (κ1) is 25.2. The van der Waals surface area contributed by atoms with Crippen LogP contribution in [0.4, 0.5) is 0 Å². The number of fused-ring (bicyclic) bond motifs is 3. The molecule has 1 fully saturated rings. The summed E-state index contributed by atoms with van der Waals surface area (Å²) >= 11 is 12.2. The number of ether oxygens (including phenoxy) is 3. The highest BCUT2D eigenvalue weighted by atomic mass is 35.5. The molecule has 6 rings (SSSR count). The lowest BCUT2D eigenvalue weighted by Gasteiger charge is -2.37. The largest absolute Gasteiger partial charge is 0.492 e. The molecule has 1 aromatic heterocycles. The van der Waals surface area contributed by atoms with Crippen LogP contribution in [0.1, 0.15) is 22.9 Å². The van der Waals surface area contributed by atoms with E-state index in [-0.39, 0.29) is 6.04 Å². The predicted octanol–water partition coefficient (Wildman–Crippen LogP) is 5.84. The first-order chi connectivity index (χ1) is 18.7. The van der Waals surface area contributed by atoms with Crippen molar-refractivity contribution >= 4 is 39.9 Å². The molecule has 8 heteroatoms. The molecular weight excluding hydrogens is 518 g/mol. The summed E-state index contributed by atoms with van der Waals surface area (Å²) in [6.45, 7) is 5.80. The molecule has 6 nitrogen and oxygen atoms in total. The number of thiocarbonyl (C=S) groups is 1. The highest BCUT2D eigenvalue weighted by molar-refractivity contribution is 7.80. The van der Waals surface area contributed by atoms with Gasteiger partial charge >= 0.3 is 0 Å². The molecule has 0 saturated carbocycles. The molecule has 0 bridgehead atoms. The molecule has 3 heterocycles. The maximum absolute atomic E-state index is 6.36. The van der Waals surface area contributed by atoms with E-state index in [9.17, 15) is 0 Å². The van der Waals surface area contributed by atoms with Crippen LogP contribution in [0.3, 0.4) is 0 Å². The Kier molecular flexibility index (Phi) is 7.51. The molecule has 2 aliphatic heterocycles. The smallest absolute Gasteiger partial charge is 0.265 e. The molecule has 196 valence electrons. The minimum absolute atomic E-state index is 0.122. The average Bonchev–Trinajstić information content (AvgIpc) is 3.32. The highest BCUT2D eigenvalue weighted by Crippen LogP contribution is 2.40. The Hall–Kier alpha value is -3.10. The van der Waals surface area contributed by atoms with Crippen molar-refractivity contribution in [3.8, 4) is 11.5 Å². The molecule has 0 radical (unpaired) electrons. The van der Waals surface area contributed by atoms with Gasteiger partial charge in [-0.1, -0.05) is 41.9 Å². The molecule has 0 spiro atoms. The van der Waals surface area contributed by atoms with E-state index in [1.165, 1.54) is 5.56 Å². The summed E-state index contributed by atoms with van der Waals surface area (Å²) in [5, 5.41) is 2.35. The topological polar surface area (TPSA) is 50.0 Å². The van der Waals surface area contributed by atoms with Gasteiger partial charge in [-0.05, 0) is 72.2 Å². The van der Waals surface area contributed by atoms with E-state index in [4.69, 9.17) is 38.0 Å². The number of para-hydroxylation sites is 1. The van der Waals surface area contributed by atoms with Crippen molar-refractivity contribution in [3.63, 3.8) is 0 Å². The van der Waals surface area contributed by atoms with E-state index in [0.717, 1.165) is 84.5 Å². The van der Waals surface area contributed by atoms with Crippen LogP contribution in [0.25, 0.3) is 10.9 Å². The zero-order valence-electron chi connectivity index (χ0n) is 21.1. The number of rotatable bonds is 6. The molecule has 38 heavy (non-hydrogen) atoms. The van der Waals surface area contributed by atoms with Crippen LogP contribution < -0.4 is 9.47 Å². The lowest BCUT2D eigenvalue weighted by molar-refractivity contribution is 0.0322. The number of hydrogen-bond acceptors (Lipinski definition) is 5. The summed E-state index contributed by atoms with van der Waals surface area (Å²) in [5.74, 6) is 1.59. The number of nitrogens with one attached hydrogen (secondary N) is 1. The van der Waals surface area contributed by atoms with Crippen LogP contribution in [-0.4, -0.2) is 66.0 Å².